The van der Waals surface area contributed by atoms with Gasteiger partial charge in [-0.3, -0.25) is 4.79 Å². The molecule has 0 heterocycles. The van der Waals surface area contributed by atoms with Crippen LogP contribution < -0.4 is 5.32 Å². The zero-order valence-corrected chi connectivity index (χ0v) is 11.4. The lowest BCUT2D eigenvalue weighted by Crippen LogP contribution is -2.43. The number of carbonyl (C=O) groups excluding carboxylic acids is 1. The smallest absolute Gasteiger partial charge is 0.253 e. The van der Waals surface area contributed by atoms with E-state index in [1.165, 1.54) is 12.1 Å². The van der Waals surface area contributed by atoms with Gasteiger partial charge < -0.3 is 10.4 Å². The van der Waals surface area contributed by atoms with Gasteiger partial charge in [-0.25, -0.2) is 0 Å². The lowest BCUT2D eigenvalue weighted by atomic mass is 10.1. The van der Waals surface area contributed by atoms with Crippen LogP contribution in [0.15, 0.2) is 18.2 Å². The van der Waals surface area contributed by atoms with Crippen LogP contribution in [-0.4, -0.2) is 16.6 Å². The van der Waals surface area contributed by atoms with Crippen molar-refractivity contribution in [1.29, 1.82) is 0 Å². The molecule has 0 aliphatic rings. The van der Waals surface area contributed by atoms with E-state index in [2.05, 4.69) is 5.32 Å². The molecule has 1 atom stereocenters. The van der Waals surface area contributed by atoms with Crippen molar-refractivity contribution in [2.75, 3.05) is 0 Å². The molecule has 1 amide bonds. The number of amides is 1. The highest BCUT2D eigenvalue weighted by molar-refractivity contribution is 6.34. The third-order valence-corrected chi connectivity index (χ3v) is 2.38. The van der Waals surface area contributed by atoms with Crippen LogP contribution in [0, 0.1) is 0 Å². The molecule has 0 aliphatic carbocycles. The molecule has 1 unspecified atom stereocenters. The molecular weight excluding hydrogens is 261 g/mol. The Balaban J connectivity index is 2.89. The monoisotopic (exact) mass is 275 g/mol. The number of aliphatic hydroxyl groups is 1. The summed E-state index contributed by atoms with van der Waals surface area (Å²) in [6.45, 7) is 5.51. The number of nitrogens with one attached hydrogen (secondary N) is 1. The van der Waals surface area contributed by atoms with Crippen molar-refractivity contribution in [3.05, 3.63) is 33.8 Å². The maximum Gasteiger partial charge on any atom is 0.253 e. The van der Waals surface area contributed by atoms with Crippen LogP contribution in [0.4, 0.5) is 0 Å². The number of benzene rings is 1. The van der Waals surface area contributed by atoms with E-state index < -0.39 is 17.6 Å². The van der Waals surface area contributed by atoms with Crippen LogP contribution in [0.1, 0.15) is 32.4 Å². The summed E-state index contributed by atoms with van der Waals surface area (Å²) in [6, 6.07) is 4.57. The minimum Gasteiger partial charge on any atom is -0.378 e. The Labute approximate surface area is 111 Å². The number of hydrogen-bond donors (Lipinski definition) is 2. The van der Waals surface area contributed by atoms with Crippen molar-refractivity contribution in [1.82, 2.24) is 5.32 Å². The highest BCUT2D eigenvalue weighted by Gasteiger charge is 2.22. The first kappa shape index (κ1) is 14.3. The van der Waals surface area contributed by atoms with Gasteiger partial charge in [0.2, 0.25) is 0 Å². The molecule has 94 valence electrons. The zero-order chi connectivity index (χ0) is 13.2. The minimum absolute atomic E-state index is 0.379. The normalized spacial score (nSPS) is 13.3. The molecule has 1 rings (SSSR count). The summed E-state index contributed by atoms with van der Waals surface area (Å²) < 4.78 is 0. The van der Waals surface area contributed by atoms with Gasteiger partial charge in [0.15, 0.2) is 6.10 Å². The van der Waals surface area contributed by atoms with Gasteiger partial charge in [0.25, 0.3) is 5.91 Å². The van der Waals surface area contributed by atoms with Gasteiger partial charge in [-0.1, -0.05) is 23.2 Å². The summed E-state index contributed by atoms with van der Waals surface area (Å²) in [6.07, 6.45) is -1.27. The van der Waals surface area contributed by atoms with E-state index in [1.807, 2.05) is 20.8 Å². The molecule has 0 saturated carbocycles. The van der Waals surface area contributed by atoms with Crippen LogP contribution in [0.25, 0.3) is 0 Å². The quantitative estimate of drug-likeness (QED) is 0.872. The van der Waals surface area contributed by atoms with E-state index in [9.17, 15) is 9.90 Å². The Morgan fingerprint density at radius 3 is 2.12 bits per heavy atom. The van der Waals surface area contributed by atoms with Gasteiger partial charge >= 0.3 is 0 Å². The first-order chi connectivity index (χ1) is 7.69. The predicted molar refractivity (Wildman–Crippen MR) is 69.3 cm³/mol. The van der Waals surface area contributed by atoms with Crippen molar-refractivity contribution in [3.8, 4) is 0 Å². The molecule has 2 N–H and O–H groups in total. The Morgan fingerprint density at radius 2 is 1.71 bits per heavy atom. The molecule has 0 radical (unpaired) electrons. The summed E-state index contributed by atoms with van der Waals surface area (Å²) in [5.74, 6) is -0.476. The molecule has 0 spiro atoms. The molecule has 1 aromatic carbocycles. The van der Waals surface area contributed by atoms with Gasteiger partial charge in [-0.15, -0.1) is 0 Å². The second-order valence-corrected chi connectivity index (χ2v) is 5.72. The third kappa shape index (κ3) is 4.54. The van der Waals surface area contributed by atoms with Gasteiger partial charge in [-0.2, -0.15) is 0 Å². The predicted octanol–water partition coefficient (Wildman–Crippen LogP) is 2.94. The Kier molecular flexibility index (Phi) is 4.42. The number of rotatable bonds is 2. The van der Waals surface area contributed by atoms with Crippen molar-refractivity contribution < 1.29 is 9.90 Å². The second kappa shape index (κ2) is 5.25. The largest absolute Gasteiger partial charge is 0.378 e. The first-order valence-electron chi connectivity index (χ1n) is 5.15. The number of carbonyl (C=O) groups is 1. The average Bonchev–Trinajstić information content (AvgIpc) is 2.12. The molecular formula is C12H15Cl2NO2. The van der Waals surface area contributed by atoms with Crippen LogP contribution >= 0.6 is 23.2 Å². The van der Waals surface area contributed by atoms with Crippen LogP contribution in [0.3, 0.4) is 0 Å². The molecule has 0 aliphatic heterocycles. The van der Waals surface area contributed by atoms with Gasteiger partial charge in [-0.05, 0) is 44.5 Å². The minimum atomic E-state index is -1.27. The molecule has 17 heavy (non-hydrogen) atoms. The average molecular weight is 276 g/mol. The molecule has 1 aromatic rings. The SMILES string of the molecule is CC(C)(C)NC(=O)C(O)c1cc(Cl)cc(Cl)c1. The molecule has 0 bridgehead atoms. The fourth-order valence-corrected chi connectivity index (χ4v) is 1.87. The maximum absolute atomic E-state index is 11.7. The van der Waals surface area contributed by atoms with E-state index in [1.54, 1.807) is 6.07 Å². The summed E-state index contributed by atoms with van der Waals surface area (Å²) in [4.78, 5) is 11.7. The topological polar surface area (TPSA) is 49.3 Å². The molecule has 0 aromatic heterocycles. The molecule has 3 nitrogen and oxygen atoms in total. The molecule has 0 fully saturated rings. The van der Waals surface area contributed by atoms with Crippen LogP contribution in [0.5, 0.6) is 0 Å². The highest BCUT2D eigenvalue weighted by atomic mass is 35.5. The number of halogens is 2. The Bertz CT molecular complexity index is 407. The number of aliphatic hydroxyl groups excluding tert-OH is 1. The molecule has 0 saturated heterocycles. The van der Waals surface area contributed by atoms with Crippen molar-refractivity contribution >= 4 is 29.1 Å². The van der Waals surface area contributed by atoms with Gasteiger partial charge in [0.05, 0.1) is 0 Å². The van der Waals surface area contributed by atoms with E-state index >= 15 is 0 Å². The standard InChI is InChI=1S/C12H15Cl2NO2/c1-12(2,3)15-11(17)10(16)7-4-8(13)6-9(14)5-7/h4-6,10,16H,1-3H3,(H,15,17). The molecule has 5 heteroatoms. The van der Waals surface area contributed by atoms with E-state index in [-0.39, 0.29) is 0 Å². The van der Waals surface area contributed by atoms with E-state index in [4.69, 9.17) is 23.2 Å². The lowest BCUT2D eigenvalue weighted by molar-refractivity contribution is -0.131. The fourth-order valence-electron chi connectivity index (χ4n) is 1.32. The van der Waals surface area contributed by atoms with Gasteiger partial charge in [0.1, 0.15) is 0 Å². The third-order valence-electron chi connectivity index (χ3n) is 1.95. The summed E-state index contributed by atoms with van der Waals surface area (Å²) in [5, 5.41) is 13.3. The van der Waals surface area contributed by atoms with Crippen molar-refractivity contribution in [2.24, 2.45) is 0 Å². The summed E-state index contributed by atoms with van der Waals surface area (Å²) >= 11 is 11.6. The second-order valence-electron chi connectivity index (χ2n) is 4.84. The zero-order valence-electron chi connectivity index (χ0n) is 9.92. The first-order valence-corrected chi connectivity index (χ1v) is 5.91. The number of hydrogen-bond acceptors (Lipinski definition) is 2. The summed E-state index contributed by atoms with van der Waals surface area (Å²) in [7, 11) is 0. The van der Waals surface area contributed by atoms with E-state index in [0.717, 1.165) is 0 Å². The Hall–Kier alpha value is -0.770. The lowest BCUT2D eigenvalue weighted by Gasteiger charge is -2.22. The van der Waals surface area contributed by atoms with Crippen LogP contribution in [0.2, 0.25) is 10.0 Å². The van der Waals surface area contributed by atoms with Gasteiger partial charge in [0, 0.05) is 15.6 Å². The van der Waals surface area contributed by atoms with Crippen LogP contribution in [-0.2, 0) is 4.79 Å². The summed E-state index contributed by atoms with van der Waals surface area (Å²) in [5.41, 5.74) is -0.0234. The van der Waals surface area contributed by atoms with Crippen molar-refractivity contribution in [3.63, 3.8) is 0 Å². The highest BCUT2D eigenvalue weighted by Crippen LogP contribution is 2.24. The fraction of sp³-hybridized carbons (Fsp3) is 0.417. The maximum atomic E-state index is 11.7. The van der Waals surface area contributed by atoms with Crippen molar-refractivity contribution in [2.45, 2.75) is 32.4 Å². The van der Waals surface area contributed by atoms with E-state index in [0.29, 0.717) is 15.6 Å². The Morgan fingerprint density at radius 1 is 1.24 bits per heavy atom.